The second-order valence-electron chi connectivity index (χ2n) is 7.46. The first-order valence-electron chi connectivity index (χ1n) is 9.82. The molecule has 4 aromatic rings. The maximum atomic E-state index is 12.9. The number of aromatic nitrogens is 1. The molecule has 1 heterocycles. The molecule has 4 heteroatoms. The second-order valence-corrected chi connectivity index (χ2v) is 7.46. The standard InChI is InChI=1S/C25H25N3O/c1-28(2)15-14-26-25(29)22-17-23(27-24(22)19-9-4-3-5-10-19)21-13-12-18-8-6-7-11-20(18)16-21/h3-13,16-17,27H,14-15H2,1-2H3,(H,26,29). The molecule has 146 valence electrons. The summed E-state index contributed by atoms with van der Waals surface area (Å²) in [5, 5.41) is 5.41. The largest absolute Gasteiger partial charge is 0.354 e. The molecule has 0 unspecified atom stereocenters. The van der Waals surface area contributed by atoms with E-state index in [0.29, 0.717) is 12.1 Å². The summed E-state index contributed by atoms with van der Waals surface area (Å²) in [5.74, 6) is -0.0611. The molecule has 4 rings (SSSR count). The van der Waals surface area contributed by atoms with Crippen molar-refractivity contribution in [3.8, 4) is 22.5 Å². The van der Waals surface area contributed by atoms with E-state index in [1.54, 1.807) is 0 Å². The van der Waals surface area contributed by atoms with Crippen LogP contribution >= 0.6 is 0 Å². The van der Waals surface area contributed by atoms with Crippen LogP contribution < -0.4 is 5.32 Å². The highest BCUT2D eigenvalue weighted by atomic mass is 16.1. The molecule has 0 spiro atoms. The van der Waals surface area contributed by atoms with Crippen LogP contribution in [0.1, 0.15) is 10.4 Å². The predicted octanol–water partition coefficient (Wildman–Crippen LogP) is 4.79. The third-order valence-corrected chi connectivity index (χ3v) is 5.03. The first kappa shape index (κ1) is 19.0. The van der Waals surface area contributed by atoms with Crippen molar-refractivity contribution in [1.82, 2.24) is 15.2 Å². The summed E-state index contributed by atoms with van der Waals surface area (Å²) in [7, 11) is 3.99. The van der Waals surface area contributed by atoms with Crippen LogP contribution in [-0.4, -0.2) is 43.0 Å². The van der Waals surface area contributed by atoms with E-state index in [4.69, 9.17) is 0 Å². The third-order valence-electron chi connectivity index (χ3n) is 5.03. The van der Waals surface area contributed by atoms with Crippen LogP contribution in [0, 0.1) is 0 Å². The van der Waals surface area contributed by atoms with Gasteiger partial charge in [0.2, 0.25) is 0 Å². The van der Waals surface area contributed by atoms with Crippen LogP contribution in [0.2, 0.25) is 0 Å². The van der Waals surface area contributed by atoms with Crippen molar-refractivity contribution >= 4 is 16.7 Å². The number of nitrogens with one attached hydrogen (secondary N) is 2. The van der Waals surface area contributed by atoms with Crippen molar-refractivity contribution in [1.29, 1.82) is 0 Å². The van der Waals surface area contributed by atoms with Gasteiger partial charge < -0.3 is 15.2 Å². The highest BCUT2D eigenvalue weighted by Gasteiger charge is 2.17. The molecule has 0 aliphatic rings. The lowest BCUT2D eigenvalue weighted by Crippen LogP contribution is -2.31. The van der Waals surface area contributed by atoms with Gasteiger partial charge in [0, 0.05) is 18.8 Å². The van der Waals surface area contributed by atoms with Gasteiger partial charge in [0.05, 0.1) is 11.3 Å². The smallest absolute Gasteiger partial charge is 0.253 e. The van der Waals surface area contributed by atoms with Crippen LogP contribution in [0.15, 0.2) is 78.9 Å². The molecule has 0 saturated heterocycles. The van der Waals surface area contributed by atoms with Crippen molar-refractivity contribution in [3.63, 3.8) is 0 Å². The van der Waals surface area contributed by atoms with Gasteiger partial charge in [-0.25, -0.2) is 0 Å². The fraction of sp³-hybridized carbons (Fsp3) is 0.160. The average Bonchev–Trinajstić information content (AvgIpc) is 3.19. The van der Waals surface area contributed by atoms with Crippen LogP contribution in [0.5, 0.6) is 0 Å². The molecular weight excluding hydrogens is 358 g/mol. The number of aromatic amines is 1. The molecule has 0 fully saturated rings. The minimum atomic E-state index is -0.0611. The fourth-order valence-electron chi connectivity index (χ4n) is 3.47. The van der Waals surface area contributed by atoms with Crippen LogP contribution in [0.4, 0.5) is 0 Å². The molecule has 2 N–H and O–H groups in total. The molecule has 29 heavy (non-hydrogen) atoms. The number of amides is 1. The maximum absolute atomic E-state index is 12.9. The van der Waals surface area contributed by atoms with Gasteiger partial charge in [-0.15, -0.1) is 0 Å². The number of fused-ring (bicyclic) bond motifs is 1. The highest BCUT2D eigenvalue weighted by molar-refractivity contribution is 6.02. The monoisotopic (exact) mass is 383 g/mol. The number of rotatable bonds is 6. The number of benzene rings is 3. The number of carbonyl (C=O) groups excluding carboxylic acids is 1. The Morgan fingerprint density at radius 1 is 0.862 bits per heavy atom. The Morgan fingerprint density at radius 2 is 1.59 bits per heavy atom. The third kappa shape index (κ3) is 4.23. The average molecular weight is 383 g/mol. The van der Waals surface area contributed by atoms with Crippen LogP contribution in [0.3, 0.4) is 0 Å². The molecule has 0 atom stereocenters. The van der Waals surface area contributed by atoms with E-state index >= 15 is 0 Å². The van der Waals surface area contributed by atoms with E-state index in [0.717, 1.165) is 29.1 Å². The zero-order valence-electron chi connectivity index (χ0n) is 16.8. The van der Waals surface area contributed by atoms with Crippen molar-refractivity contribution in [2.75, 3.05) is 27.2 Å². The topological polar surface area (TPSA) is 48.1 Å². The minimum absolute atomic E-state index is 0.0611. The fourth-order valence-corrected chi connectivity index (χ4v) is 3.47. The Bertz CT molecular complexity index is 1130. The zero-order chi connectivity index (χ0) is 20.2. The molecule has 4 nitrogen and oxygen atoms in total. The van der Waals surface area contributed by atoms with Gasteiger partial charge in [-0.1, -0.05) is 66.7 Å². The van der Waals surface area contributed by atoms with Gasteiger partial charge in [-0.2, -0.15) is 0 Å². The van der Waals surface area contributed by atoms with Gasteiger partial charge in [0.25, 0.3) is 5.91 Å². The van der Waals surface area contributed by atoms with E-state index < -0.39 is 0 Å². The van der Waals surface area contributed by atoms with E-state index in [-0.39, 0.29) is 5.91 Å². The van der Waals surface area contributed by atoms with E-state index in [9.17, 15) is 4.79 Å². The van der Waals surface area contributed by atoms with Gasteiger partial charge in [0.1, 0.15) is 0 Å². The van der Waals surface area contributed by atoms with Crippen molar-refractivity contribution in [3.05, 3.63) is 84.4 Å². The molecule has 0 aliphatic heterocycles. The lowest BCUT2D eigenvalue weighted by molar-refractivity contribution is 0.0952. The first-order valence-corrected chi connectivity index (χ1v) is 9.82. The quantitative estimate of drug-likeness (QED) is 0.503. The number of hydrogen-bond acceptors (Lipinski definition) is 2. The Hall–Kier alpha value is -3.37. The summed E-state index contributed by atoms with van der Waals surface area (Å²) in [4.78, 5) is 18.5. The first-order chi connectivity index (χ1) is 14.1. The summed E-state index contributed by atoms with van der Waals surface area (Å²) >= 11 is 0. The Balaban J connectivity index is 1.73. The molecule has 0 saturated carbocycles. The lowest BCUT2D eigenvalue weighted by Gasteiger charge is -2.10. The second kappa shape index (κ2) is 8.33. The molecule has 3 aromatic carbocycles. The van der Waals surface area contributed by atoms with Gasteiger partial charge in [0.15, 0.2) is 0 Å². The summed E-state index contributed by atoms with van der Waals surface area (Å²) in [5.41, 5.74) is 4.51. The summed E-state index contributed by atoms with van der Waals surface area (Å²) in [6.07, 6.45) is 0. The molecule has 0 bridgehead atoms. The van der Waals surface area contributed by atoms with Gasteiger partial charge in [-0.05, 0) is 48.1 Å². The summed E-state index contributed by atoms with van der Waals surface area (Å²) in [6, 6.07) is 26.6. The highest BCUT2D eigenvalue weighted by Crippen LogP contribution is 2.30. The Morgan fingerprint density at radius 3 is 2.34 bits per heavy atom. The van der Waals surface area contributed by atoms with E-state index in [1.807, 2.05) is 62.6 Å². The molecule has 1 amide bonds. The molecule has 0 radical (unpaired) electrons. The Labute approximate surface area is 171 Å². The Kier molecular flexibility index (Phi) is 5.45. The summed E-state index contributed by atoms with van der Waals surface area (Å²) in [6.45, 7) is 1.41. The number of carbonyl (C=O) groups is 1. The van der Waals surface area contributed by atoms with Gasteiger partial charge in [-0.3, -0.25) is 4.79 Å². The SMILES string of the molecule is CN(C)CCNC(=O)c1cc(-c2ccc3ccccc3c2)[nH]c1-c1ccccc1. The number of H-pyrrole nitrogens is 1. The van der Waals surface area contributed by atoms with Gasteiger partial charge >= 0.3 is 0 Å². The number of likely N-dealkylation sites (N-methyl/N-ethyl adjacent to an activating group) is 1. The van der Waals surface area contributed by atoms with Crippen molar-refractivity contribution in [2.45, 2.75) is 0 Å². The lowest BCUT2D eigenvalue weighted by atomic mass is 10.0. The van der Waals surface area contributed by atoms with E-state index in [1.165, 1.54) is 10.8 Å². The predicted molar refractivity (Wildman–Crippen MR) is 120 cm³/mol. The molecular formula is C25H25N3O. The van der Waals surface area contributed by atoms with E-state index in [2.05, 4.69) is 45.5 Å². The van der Waals surface area contributed by atoms with Crippen molar-refractivity contribution in [2.24, 2.45) is 0 Å². The van der Waals surface area contributed by atoms with Crippen LogP contribution in [0.25, 0.3) is 33.3 Å². The van der Waals surface area contributed by atoms with Crippen LogP contribution in [-0.2, 0) is 0 Å². The molecule has 1 aromatic heterocycles. The normalized spacial score (nSPS) is 11.1. The minimum Gasteiger partial charge on any atom is -0.354 e. The summed E-state index contributed by atoms with van der Waals surface area (Å²) < 4.78 is 0. The van der Waals surface area contributed by atoms with Crippen molar-refractivity contribution < 1.29 is 4.79 Å². The zero-order valence-corrected chi connectivity index (χ0v) is 16.8. The number of hydrogen-bond donors (Lipinski definition) is 2. The maximum Gasteiger partial charge on any atom is 0.253 e. The number of nitrogens with zero attached hydrogens (tertiary/aromatic N) is 1. The molecule has 0 aliphatic carbocycles.